The molecule has 1 aromatic carbocycles. The first-order valence-electron chi connectivity index (χ1n) is 7.86. The molecule has 0 aliphatic carbocycles. The maximum Gasteiger partial charge on any atom is 0.0480 e. The lowest BCUT2D eigenvalue weighted by Gasteiger charge is -2.16. The molecular weight excluding hydrogens is 230 g/mol. The minimum Gasteiger partial charge on any atom is -0.347 e. The van der Waals surface area contributed by atoms with Gasteiger partial charge in [0.2, 0.25) is 0 Å². The number of aryl methyl sites for hydroxylation is 1. The van der Waals surface area contributed by atoms with E-state index < -0.39 is 0 Å². The Morgan fingerprint density at radius 2 is 1.95 bits per heavy atom. The molecule has 1 unspecified atom stereocenters. The molecule has 0 aliphatic rings. The summed E-state index contributed by atoms with van der Waals surface area (Å²) < 4.78 is 2.44. The highest BCUT2D eigenvalue weighted by Crippen LogP contribution is 2.22. The van der Waals surface area contributed by atoms with Gasteiger partial charge in [-0.2, -0.15) is 0 Å². The predicted molar refractivity (Wildman–Crippen MR) is 84.6 cm³/mol. The highest BCUT2D eigenvalue weighted by molar-refractivity contribution is 5.80. The molecule has 104 valence electrons. The number of fused-ring (bicyclic) bond motifs is 1. The van der Waals surface area contributed by atoms with Gasteiger partial charge < -0.3 is 4.57 Å². The van der Waals surface area contributed by atoms with Crippen molar-refractivity contribution in [1.29, 1.82) is 0 Å². The van der Waals surface area contributed by atoms with Crippen molar-refractivity contribution in [2.24, 2.45) is 5.92 Å². The summed E-state index contributed by atoms with van der Waals surface area (Å²) in [5.41, 5.74) is 2.83. The topological polar surface area (TPSA) is 4.93 Å². The lowest BCUT2D eigenvalue weighted by atomic mass is 9.99. The van der Waals surface area contributed by atoms with E-state index in [1.165, 1.54) is 48.7 Å². The van der Waals surface area contributed by atoms with E-state index >= 15 is 0 Å². The molecule has 1 heterocycles. The Balaban J connectivity index is 2.16. The second-order valence-corrected chi connectivity index (χ2v) is 5.63. The maximum absolute atomic E-state index is 2.44. The first-order valence-corrected chi connectivity index (χ1v) is 7.86. The van der Waals surface area contributed by atoms with Crippen LogP contribution in [0.25, 0.3) is 10.9 Å². The molecule has 0 aliphatic heterocycles. The number of benzene rings is 1. The molecule has 0 radical (unpaired) electrons. The Kier molecular flexibility index (Phi) is 5.07. The lowest BCUT2D eigenvalue weighted by Crippen LogP contribution is -2.09. The summed E-state index contributed by atoms with van der Waals surface area (Å²) in [4.78, 5) is 0. The normalized spacial score (nSPS) is 13.0. The summed E-state index contributed by atoms with van der Waals surface area (Å²) in [7, 11) is 0. The first-order chi connectivity index (χ1) is 9.28. The van der Waals surface area contributed by atoms with Gasteiger partial charge in [-0.15, -0.1) is 0 Å². The number of nitrogens with zero attached hydrogens (tertiary/aromatic N) is 1. The summed E-state index contributed by atoms with van der Waals surface area (Å²) in [6.45, 7) is 7.99. The van der Waals surface area contributed by atoms with E-state index in [1.807, 2.05) is 0 Å². The van der Waals surface area contributed by atoms with Crippen molar-refractivity contribution < 1.29 is 0 Å². The van der Waals surface area contributed by atoms with Gasteiger partial charge in [0.15, 0.2) is 0 Å². The molecule has 1 aromatic heterocycles. The third kappa shape index (κ3) is 3.40. The van der Waals surface area contributed by atoms with Crippen molar-refractivity contribution in [1.82, 2.24) is 4.57 Å². The highest BCUT2D eigenvalue weighted by Gasteiger charge is 2.09. The molecular formula is C18H27N. The molecule has 1 atom stereocenters. The predicted octanol–water partition coefficient (Wildman–Crippen LogP) is 5.42. The van der Waals surface area contributed by atoms with Crippen molar-refractivity contribution in [3.05, 3.63) is 36.0 Å². The second-order valence-electron chi connectivity index (χ2n) is 5.63. The average molecular weight is 257 g/mol. The summed E-state index contributed by atoms with van der Waals surface area (Å²) >= 11 is 0. The SMILES string of the molecule is CCCCC(CC)Cn1ccc2cc(CC)ccc21. The van der Waals surface area contributed by atoms with Crippen LogP contribution in [-0.4, -0.2) is 4.57 Å². The minimum atomic E-state index is 0.821. The molecule has 1 nitrogen and oxygen atoms in total. The molecule has 2 rings (SSSR count). The monoisotopic (exact) mass is 257 g/mol. The largest absolute Gasteiger partial charge is 0.347 e. The average Bonchev–Trinajstić information content (AvgIpc) is 2.85. The molecule has 0 amide bonds. The zero-order valence-corrected chi connectivity index (χ0v) is 12.7. The smallest absolute Gasteiger partial charge is 0.0480 e. The Morgan fingerprint density at radius 1 is 1.11 bits per heavy atom. The fourth-order valence-electron chi connectivity index (χ4n) is 2.82. The second kappa shape index (κ2) is 6.79. The molecule has 0 saturated heterocycles. The summed E-state index contributed by atoms with van der Waals surface area (Å²) in [5, 5.41) is 1.39. The summed E-state index contributed by atoms with van der Waals surface area (Å²) in [5.74, 6) is 0.821. The zero-order chi connectivity index (χ0) is 13.7. The van der Waals surface area contributed by atoms with Gasteiger partial charge in [0.1, 0.15) is 0 Å². The molecule has 0 fully saturated rings. The first kappa shape index (κ1) is 14.2. The third-order valence-electron chi connectivity index (χ3n) is 4.24. The van der Waals surface area contributed by atoms with Crippen LogP contribution in [0.2, 0.25) is 0 Å². The van der Waals surface area contributed by atoms with Gasteiger partial charge in [0.05, 0.1) is 0 Å². The van der Waals surface area contributed by atoms with Crippen molar-refractivity contribution >= 4 is 10.9 Å². The molecule has 0 N–H and O–H groups in total. The van der Waals surface area contributed by atoms with Gasteiger partial charge >= 0.3 is 0 Å². The van der Waals surface area contributed by atoms with Crippen LogP contribution in [0.3, 0.4) is 0 Å². The minimum absolute atomic E-state index is 0.821. The van der Waals surface area contributed by atoms with E-state index in [0.717, 1.165) is 12.3 Å². The summed E-state index contributed by atoms with van der Waals surface area (Å²) in [6, 6.07) is 9.16. The molecule has 0 spiro atoms. The van der Waals surface area contributed by atoms with Crippen LogP contribution in [0, 0.1) is 5.92 Å². The van der Waals surface area contributed by atoms with Crippen LogP contribution < -0.4 is 0 Å². The zero-order valence-electron chi connectivity index (χ0n) is 12.7. The number of aromatic nitrogens is 1. The van der Waals surface area contributed by atoms with Gasteiger partial charge in [0, 0.05) is 18.3 Å². The lowest BCUT2D eigenvalue weighted by molar-refractivity contribution is 0.396. The molecule has 2 aromatic rings. The standard InChI is InChI=1S/C18H27N/c1-4-7-8-16(6-3)14-19-12-11-17-13-15(5-2)9-10-18(17)19/h9-13,16H,4-8,14H2,1-3H3. The van der Waals surface area contributed by atoms with E-state index in [2.05, 4.69) is 55.8 Å². The van der Waals surface area contributed by atoms with Gasteiger partial charge in [-0.25, -0.2) is 0 Å². The van der Waals surface area contributed by atoms with Crippen molar-refractivity contribution in [3.8, 4) is 0 Å². The van der Waals surface area contributed by atoms with Crippen LogP contribution in [0.4, 0.5) is 0 Å². The Hall–Kier alpha value is -1.24. The van der Waals surface area contributed by atoms with E-state index in [9.17, 15) is 0 Å². The fourth-order valence-corrected chi connectivity index (χ4v) is 2.82. The van der Waals surface area contributed by atoms with Crippen molar-refractivity contribution in [2.45, 2.75) is 59.4 Å². The van der Waals surface area contributed by atoms with E-state index in [0.29, 0.717) is 0 Å². The van der Waals surface area contributed by atoms with Crippen LogP contribution in [0.1, 0.15) is 52.0 Å². The van der Waals surface area contributed by atoms with Crippen LogP contribution >= 0.6 is 0 Å². The van der Waals surface area contributed by atoms with Gasteiger partial charge in [-0.05, 0) is 47.9 Å². The Labute approximate surface area is 117 Å². The molecule has 0 saturated carbocycles. The van der Waals surface area contributed by atoms with E-state index in [-0.39, 0.29) is 0 Å². The molecule has 0 bridgehead atoms. The third-order valence-corrected chi connectivity index (χ3v) is 4.24. The quantitative estimate of drug-likeness (QED) is 0.624. The van der Waals surface area contributed by atoms with Gasteiger partial charge in [-0.1, -0.05) is 46.1 Å². The maximum atomic E-state index is 2.44. The van der Waals surface area contributed by atoms with Crippen molar-refractivity contribution in [3.63, 3.8) is 0 Å². The Bertz CT molecular complexity index is 509. The van der Waals surface area contributed by atoms with Gasteiger partial charge in [-0.3, -0.25) is 0 Å². The fraction of sp³-hybridized carbons (Fsp3) is 0.556. The number of unbranched alkanes of at least 4 members (excludes halogenated alkanes) is 1. The number of hydrogen-bond donors (Lipinski definition) is 0. The Morgan fingerprint density at radius 3 is 2.63 bits per heavy atom. The molecule has 19 heavy (non-hydrogen) atoms. The number of rotatable bonds is 7. The van der Waals surface area contributed by atoms with E-state index in [1.54, 1.807) is 0 Å². The van der Waals surface area contributed by atoms with Crippen LogP contribution in [0.15, 0.2) is 30.5 Å². The highest BCUT2D eigenvalue weighted by atomic mass is 15.0. The molecule has 1 heteroatoms. The van der Waals surface area contributed by atoms with Crippen LogP contribution in [0.5, 0.6) is 0 Å². The number of hydrogen-bond acceptors (Lipinski definition) is 0. The van der Waals surface area contributed by atoms with Gasteiger partial charge in [0.25, 0.3) is 0 Å². The summed E-state index contributed by atoms with van der Waals surface area (Å²) in [6.07, 6.45) is 8.70. The van der Waals surface area contributed by atoms with E-state index in [4.69, 9.17) is 0 Å². The van der Waals surface area contributed by atoms with Crippen LogP contribution in [-0.2, 0) is 13.0 Å². The van der Waals surface area contributed by atoms with Crippen molar-refractivity contribution in [2.75, 3.05) is 0 Å².